The zero-order chi connectivity index (χ0) is 8.93. The first-order valence-electron chi connectivity index (χ1n) is 4.73. The van der Waals surface area contributed by atoms with Crippen molar-refractivity contribution in [2.24, 2.45) is 23.2 Å². The second kappa shape index (κ2) is 2.24. The third-order valence-corrected chi connectivity index (χ3v) is 4.21. The number of hydrogen-bond donors (Lipinski definition) is 0. The van der Waals surface area contributed by atoms with E-state index >= 15 is 0 Å². The highest BCUT2D eigenvalue weighted by atomic mass is 17.1. The molecular formula is C10H16O2. The van der Waals surface area contributed by atoms with Gasteiger partial charge < -0.3 is 5.26 Å². The second-order valence-electron chi connectivity index (χ2n) is 4.90. The Kier molecular flexibility index (Phi) is 1.51. The lowest BCUT2D eigenvalue weighted by Gasteiger charge is -2.56. The Morgan fingerprint density at radius 3 is 2.58 bits per heavy atom. The number of rotatable bonds is 0. The van der Waals surface area contributed by atoms with Gasteiger partial charge in [-0.15, -0.1) is 0 Å². The Hall–Kier alpha value is -0.530. The SMILES string of the molecule is CC1C(=[O+][O-])CC2CC1C2(C)C. The number of fused-ring (bicyclic) bond motifs is 2. The minimum Gasteiger partial charge on any atom is -0.463 e. The number of carbonyl (C=O) groups excluding carboxylic acids is 1. The summed E-state index contributed by atoms with van der Waals surface area (Å²) >= 11 is 0. The maximum atomic E-state index is 10.3. The summed E-state index contributed by atoms with van der Waals surface area (Å²) < 4.78 is 4.16. The molecule has 0 aromatic carbocycles. The van der Waals surface area contributed by atoms with Crippen LogP contribution < -0.4 is 5.26 Å². The van der Waals surface area contributed by atoms with Gasteiger partial charge in [-0.2, -0.15) is 4.58 Å². The van der Waals surface area contributed by atoms with Crippen LogP contribution in [0, 0.1) is 23.2 Å². The van der Waals surface area contributed by atoms with E-state index < -0.39 is 0 Å². The summed E-state index contributed by atoms with van der Waals surface area (Å²) in [7, 11) is 0. The van der Waals surface area contributed by atoms with Crippen LogP contribution in [0.3, 0.4) is 0 Å². The minimum absolute atomic E-state index is 0.377. The predicted molar refractivity (Wildman–Crippen MR) is 44.2 cm³/mol. The van der Waals surface area contributed by atoms with E-state index in [-0.39, 0.29) is 0 Å². The van der Waals surface area contributed by atoms with Crippen LogP contribution in [-0.2, 0) is 4.58 Å². The zero-order valence-corrected chi connectivity index (χ0v) is 7.96. The molecule has 0 N–H and O–H groups in total. The molecule has 0 saturated heterocycles. The molecule has 12 heavy (non-hydrogen) atoms. The largest absolute Gasteiger partial charge is 0.463 e. The monoisotopic (exact) mass is 168 g/mol. The molecule has 2 nitrogen and oxygen atoms in total. The van der Waals surface area contributed by atoms with Gasteiger partial charge in [-0.1, -0.05) is 13.8 Å². The van der Waals surface area contributed by atoms with Crippen molar-refractivity contribution in [3.63, 3.8) is 0 Å². The van der Waals surface area contributed by atoms with E-state index in [0.717, 1.165) is 12.2 Å². The average Bonchev–Trinajstić information content (AvgIpc) is 2.03. The molecule has 3 rings (SSSR count). The molecule has 68 valence electrons. The summed E-state index contributed by atoms with van der Waals surface area (Å²) in [5.41, 5.74) is 0.446. The molecule has 0 aromatic heterocycles. The molecule has 0 aliphatic heterocycles. The number of ketones is 1. The normalized spacial score (nSPS) is 47.2. The van der Waals surface area contributed by atoms with Crippen LogP contribution in [0.4, 0.5) is 0 Å². The van der Waals surface area contributed by atoms with E-state index in [0.29, 0.717) is 23.2 Å². The van der Waals surface area contributed by atoms with E-state index in [9.17, 15) is 5.26 Å². The van der Waals surface area contributed by atoms with E-state index in [1.807, 2.05) is 0 Å². The van der Waals surface area contributed by atoms with Crippen molar-refractivity contribution in [1.29, 1.82) is 0 Å². The van der Waals surface area contributed by atoms with E-state index in [1.165, 1.54) is 6.42 Å². The van der Waals surface area contributed by atoms with Crippen molar-refractivity contribution < 1.29 is 9.83 Å². The van der Waals surface area contributed by atoms with Crippen molar-refractivity contribution in [2.75, 3.05) is 0 Å². The van der Waals surface area contributed by atoms with E-state index in [1.54, 1.807) is 0 Å². The Labute approximate surface area is 73.2 Å². The van der Waals surface area contributed by atoms with Crippen LogP contribution in [0.15, 0.2) is 0 Å². The predicted octanol–water partition coefficient (Wildman–Crippen LogP) is 1.07. The molecule has 0 heterocycles. The van der Waals surface area contributed by atoms with Crippen molar-refractivity contribution in [1.82, 2.24) is 0 Å². The van der Waals surface area contributed by atoms with Crippen LogP contribution >= 0.6 is 0 Å². The Morgan fingerprint density at radius 1 is 1.50 bits per heavy atom. The van der Waals surface area contributed by atoms with Crippen LogP contribution in [0.2, 0.25) is 0 Å². The maximum Gasteiger partial charge on any atom is 0.332 e. The van der Waals surface area contributed by atoms with E-state index in [4.69, 9.17) is 0 Å². The lowest BCUT2D eigenvalue weighted by atomic mass is 9.45. The highest BCUT2D eigenvalue weighted by molar-refractivity contribution is 5.83. The first-order chi connectivity index (χ1) is 5.57. The fourth-order valence-corrected chi connectivity index (χ4v) is 3.01. The molecule has 2 bridgehead atoms. The van der Waals surface area contributed by atoms with Crippen LogP contribution in [0.25, 0.3) is 0 Å². The Morgan fingerprint density at radius 2 is 2.17 bits per heavy atom. The highest BCUT2D eigenvalue weighted by Gasteiger charge is 2.59. The Bertz CT molecular complexity index is 230. The van der Waals surface area contributed by atoms with Crippen molar-refractivity contribution in [3.8, 4) is 0 Å². The molecule has 3 saturated carbocycles. The molecule has 3 unspecified atom stereocenters. The van der Waals surface area contributed by atoms with Gasteiger partial charge in [0.25, 0.3) is 0 Å². The molecule has 2 heteroatoms. The van der Waals surface area contributed by atoms with Crippen molar-refractivity contribution >= 4 is 5.78 Å². The number of hydrogen-bond acceptors (Lipinski definition) is 1. The first kappa shape index (κ1) is 8.09. The zero-order valence-electron chi connectivity index (χ0n) is 7.96. The summed E-state index contributed by atoms with van der Waals surface area (Å²) in [6.45, 7) is 6.74. The van der Waals surface area contributed by atoms with Gasteiger partial charge in [0.2, 0.25) is 0 Å². The third-order valence-electron chi connectivity index (χ3n) is 4.21. The molecule has 3 fully saturated rings. The molecule has 0 radical (unpaired) electrons. The van der Waals surface area contributed by atoms with Crippen LogP contribution in [-0.4, -0.2) is 5.78 Å². The summed E-state index contributed by atoms with van der Waals surface area (Å²) in [5.74, 6) is 2.54. The standard InChI is InChI=1S/C10H16O2/c1-6-8-4-7(10(8,2)3)5-9(6)12-11/h6-8H,4-5H2,1-3H3. The molecule has 0 amide bonds. The molecule has 0 aromatic rings. The van der Waals surface area contributed by atoms with E-state index in [2.05, 4.69) is 25.3 Å². The second-order valence-corrected chi connectivity index (χ2v) is 4.90. The van der Waals surface area contributed by atoms with Gasteiger partial charge in [-0.3, -0.25) is 0 Å². The third kappa shape index (κ3) is 0.782. The van der Waals surface area contributed by atoms with Gasteiger partial charge in [0.1, 0.15) is 0 Å². The Balaban J connectivity index is 2.22. The van der Waals surface area contributed by atoms with Gasteiger partial charge in [0.05, 0.1) is 12.3 Å². The molecular weight excluding hydrogens is 152 g/mol. The lowest BCUT2D eigenvalue weighted by Crippen LogP contribution is -2.55. The summed E-state index contributed by atoms with van der Waals surface area (Å²) in [6.07, 6.45) is 2.19. The first-order valence-corrected chi connectivity index (χ1v) is 4.73. The van der Waals surface area contributed by atoms with Crippen molar-refractivity contribution in [2.45, 2.75) is 33.6 Å². The maximum absolute atomic E-state index is 10.3. The van der Waals surface area contributed by atoms with Gasteiger partial charge in [-0.25, -0.2) is 0 Å². The van der Waals surface area contributed by atoms with Gasteiger partial charge in [0, 0.05) is 0 Å². The van der Waals surface area contributed by atoms with Crippen molar-refractivity contribution in [3.05, 3.63) is 0 Å². The molecule has 3 aliphatic rings. The minimum atomic E-state index is 0.377. The lowest BCUT2D eigenvalue weighted by molar-refractivity contribution is -1.05. The summed E-state index contributed by atoms with van der Waals surface area (Å²) in [4.78, 5) is 0. The highest BCUT2D eigenvalue weighted by Crippen LogP contribution is 2.60. The smallest absolute Gasteiger partial charge is 0.332 e. The quantitative estimate of drug-likeness (QED) is 0.302. The summed E-state index contributed by atoms with van der Waals surface area (Å²) in [6, 6.07) is 0. The molecule has 0 spiro atoms. The fraction of sp³-hybridized carbons (Fsp3) is 0.900. The topological polar surface area (TPSA) is 34.4 Å². The summed E-state index contributed by atoms with van der Waals surface area (Å²) in [5, 5.41) is 10.3. The fourth-order valence-electron chi connectivity index (χ4n) is 3.01. The molecule has 3 atom stereocenters. The van der Waals surface area contributed by atoms with Gasteiger partial charge in [-0.05, 0) is 30.6 Å². The van der Waals surface area contributed by atoms with Crippen LogP contribution in [0.1, 0.15) is 33.6 Å². The average molecular weight is 168 g/mol. The van der Waals surface area contributed by atoms with Gasteiger partial charge >= 0.3 is 5.78 Å². The van der Waals surface area contributed by atoms with Gasteiger partial charge in [0.15, 0.2) is 0 Å². The molecule has 3 aliphatic carbocycles. The van der Waals surface area contributed by atoms with Crippen LogP contribution in [0.5, 0.6) is 0 Å².